The zero-order valence-corrected chi connectivity index (χ0v) is 17.6. The van der Waals surface area contributed by atoms with E-state index in [1.165, 1.54) is 0 Å². The normalized spacial score (nSPS) is 16.5. The molecule has 1 atom stereocenters. The second kappa shape index (κ2) is 7.68. The Bertz CT molecular complexity index is 1270. The van der Waals surface area contributed by atoms with E-state index >= 15 is 0 Å². The molecule has 0 saturated heterocycles. The molecule has 0 bridgehead atoms. The summed E-state index contributed by atoms with van der Waals surface area (Å²) >= 11 is 0. The van der Waals surface area contributed by atoms with Gasteiger partial charge in [0, 0.05) is 35.9 Å². The summed E-state index contributed by atoms with van der Waals surface area (Å²) in [7, 11) is 0. The van der Waals surface area contributed by atoms with Crippen LogP contribution in [0.15, 0.2) is 82.5 Å². The van der Waals surface area contributed by atoms with E-state index in [0.717, 1.165) is 50.9 Å². The minimum Gasteiger partial charge on any atom is -0.361 e. The highest BCUT2D eigenvalue weighted by Crippen LogP contribution is 2.42. The number of para-hydroxylation sites is 1. The van der Waals surface area contributed by atoms with Crippen LogP contribution in [-0.2, 0) is 0 Å². The maximum atomic E-state index is 5.40. The third kappa shape index (κ3) is 3.44. The SMILES string of the molecule is CC1=C(c2cn[nH]c2)N(c2ccccc2)C(c2cncc(C)c2)C(c2cc(C)on2)=N1. The first-order chi connectivity index (χ1) is 15.1. The van der Waals surface area contributed by atoms with Gasteiger partial charge in [-0.15, -0.1) is 0 Å². The van der Waals surface area contributed by atoms with Crippen molar-refractivity contribution in [2.45, 2.75) is 26.8 Å². The molecule has 154 valence electrons. The van der Waals surface area contributed by atoms with Crippen LogP contribution in [0.4, 0.5) is 5.69 Å². The summed E-state index contributed by atoms with van der Waals surface area (Å²) in [6, 6.07) is 14.1. The quantitative estimate of drug-likeness (QED) is 0.520. The van der Waals surface area contributed by atoms with Crippen molar-refractivity contribution < 1.29 is 4.52 Å². The van der Waals surface area contributed by atoms with Crippen LogP contribution >= 0.6 is 0 Å². The molecule has 1 aliphatic rings. The van der Waals surface area contributed by atoms with Crippen LogP contribution in [0.3, 0.4) is 0 Å². The van der Waals surface area contributed by atoms with Crippen molar-refractivity contribution in [2.75, 3.05) is 4.90 Å². The molecule has 1 aliphatic heterocycles. The molecule has 0 fully saturated rings. The molecule has 0 amide bonds. The third-order valence-electron chi connectivity index (χ3n) is 5.30. The Morgan fingerprint density at radius 3 is 2.52 bits per heavy atom. The third-order valence-corrected chi connectivity index (χ3v) is 5.30. The van der Waals surface area contributed by atoms with Crippen molar-refractivity contribution in [3.8, 4) is 0 Å². The lowest BCUT2D eigenvalue weighted by molar-refractivity contribution is 0.396. The monoisotopic (exact) mass is 410 g/mol. The molecule has 4 heterocycles. The molecule has 0 aliphatic carbocycles. The fourth-order valence-electron chi connectivity index (χ4n) is 4.03. The molecule has 5 rings (SSSR count). The number of aromatic nitrogens is 4. The molecule has 1 aromatic carbocycles. The number of rotatable bonds is 4. The van der Waals surface area contributed by atoms with Gasteiger partial charge >= 0.3 is 0 Å². The first-order valence-corrected chi connectivity index (χ1v) is 10.1. The van der Waals surface area contributed by atoms with Gasteiger partial charge in [0.2, 0.25) is 0 Å². The number of benzene rings is 1. The van der Waals surface area contributed by atoms with Crippen LogP contribution in [0.5, 0.6) is 0 Å². The van der Waals surface area contributed by atoms with Crippen LogP contribution < -0.4 is 4.90 Å². The van der Waals surface area contributed by atoms with Crippen LogP contribution in [0.2, 0.25) is 0 Å². The van der Waals surface area contributed by atoms with Crippen LogP contribution in [0.25, 0.3) is 5.70 Å². The van der Waals surface area contributed by atoms with Crippen molar-refractivity contribution in [3.05, 3.63) is 101 Å². The van der Waals surface area contributed by atoms with Crippen molar-refractivity contribution >= 4 is 17.1 Å². The number of aromatic amines is 1. The number of anilines is 1. The lowest BCUT2D eigenvalue weighted by atomic mass is 9.93. The van der Waals surface area contributed by atoms with E-state index in [0.29, 0.717) is 0 Å². The number of allylic oxidation sites excluding steroid dienone is 1. The number of aryl methyl sites for hydroxylation is 2. The van der Waals surface area contributed by atoms with Gasteiger partial charge in [0.25, 0.3) is 0 Å². The first kappa shape index (κ1) is 19.0. The predicted octanol–water partition coefficient (Wildman–Crippen LogP) is 4.85. The van der Waals surface area contributed by atoms with Crippen molar-refractivity contribution in [1.82, 2.24) is 20.3 Å². The molecule has 1 N–H and O–H groups in total. The minimum absolute atomic E-state index is 0.243. The highest BCUT2D eigenvalue weighted by Gasteiger charge is 2.36. The number of aliphatic imine (C=N–C) groups is 1. The van der Waals surface area contributed by atoms with Gasteiger partial charge in [0.1, 0.15) is 17.5 Å². The number of nitrogens with one attached hydrogen (secondary N) is 1. The largest absolute Gasteiger partial charge is 0.361 e. The van der Waals surface area contributed by atoms with Gasteiger partial charge in [0.15, 0.2) is 0 Å². The fraction of sp³-hybridized carbons (Fsp3) is 0.167. The Morgan fingerprint density at radius 1 is 1.00 bits per heavy atom. The average molecular weight is 410 g/mol. The van der Waals surface area contributed by atoms with E-state index in [2.05, 4.69) is 43.4 Å². The van der Waals surface area contributed by atoms with E-state index in [4.69, 9.17) is 9.52 Å². The predicted molar refractivity (Wildman–Crippen MR) is 120 cm³/mol. The van der Waals surface area contributed by atoms with Gasteiger partial charge in [-0.3, -0.25) is 15.1 Å². The van der Waals surface area contributed by atoms with E-state index in [9.17, 15) is 0 Å². The standard InChI is InChI=1S/C24H22N6O/c1-15-9-18(12-25-11-15)24-22(21-10-16(2)31-29-21)28-17(3)23(19-13-26-27-14-19)30(24)20-7-5-4-6-8-20/h4-14,24H,1-3H3,(H,26,27). The van der Waals surface area contributed by atoms with E-state index in [1.54, 1.807) is 0 Å². The maximum Gasteiger partial charge on any atom is 0.134 e. The first-order valence-electron chi connectivity index (χ1n) is 10.1. The second-order valence-corrected chi connectivity index (χ2v) is 7.64. The van der Waals surface area contributed by atoms with Crippen molar-refractivity contribution in [2.24, 2.45) is 4.99 Å². The fourth-order valence-corrected chi connectivity index (χ4v) is 4.03. The maximum absolute atomic E-state index is 5.40. The molecule has 31 heavy (non-hydrogen) atoms. The van der Waals surface area contributed by atoms with Gasteiger partial charge in [0.05, 0.1) is 23.3 Å². The Kier molecular flexibility index (Phi) is 4.71. The Labute approximate surface area is 180 Å². The summed E-state index contributed by atoms with van der Waals surface area (Å²) in [5, 5.41) is 11.4. The molecule has 0 spiro atoms. The van der Waals surface area contributed by atoms with Gasteiger partial charge in [-0.2, -0.15) is 5.10 Å². The van der Waals surface area contributed by atoms with E-state index in [-0.39, 0.29) is 6.04 Å². The Balaban J connectivity index is 1.80. The molecule has 4 aromatic rings. The lowest BCUT2D eigenvalue weighted by Crippen LogP contribution is -2.37. The van der Waals surface area contributed by atoms with Gasteiger partial charge < -0.3 is 9.42 Å². The Morgan fingerprint density at radius 2 is 1.84 bits per heavy atom. The second-order valence-electron chi connectivity index (χ2n) is 7.64. The number of pyridine rings is 1. The number of nitrogens with zero attached hydrogens (tertiary/aromatic N) is 5. The van der Waals surface area contributed by atoms with Gasteiger partial charge in [-0.1, -0.05) is 29.4 Å². The highest BCUT2D eigenvalue weighted by molar-refractivity contribution is 6.10. The van der Waals surface area contributed by atoms with Crippen LogP contribution in [0.1, 0.15) is 41.1 Å². The topological polar surface area (TPSA) is 83.2 Å². The van der Waals surface area contributed by atoms with Gasteiger partial charge in [-0.25, -0.2) is 0 Å². The van der Waals surface area contributed by atoms with Crippen LogP contribution in [-0.4, -0.2) is 26.0 Å². The molecular weight excluding hydrogens is 388 g/mol. The zero-order chi connectivity index (χ0) is 21.4. The van der Waals surface area contributed by atoms with Crippen molar-refractivity contribution in [1.29, 1.82) is 0 Å². The molecule has 3 aromatic heterocycles. The molecule has 1 unspecified atom stereocenters. The minimum atomic E-state index is -0.243. The molecule has 0 radical (unpaired) electrons. The summed E-state index contributed by atoms with van der Waals surface area (Å²) in [6.07, 6.45) is 7.46. The van der Waals surface area contributed by atoms with Crippen LogP contribution in [0, 0.1) is 13.8 Å². The Hall–Kier alpha value is -4.00. The molecule has 0 saturated carbocycles. The molecule has 7 heteroatoms. The van der Waals surface area contributed by atoms with E-state index < -0.39 is 0 Å². The van der Waals surface area contributed by atoms with Gasteiger partial charge in [-0.05, 0) is 44.0 Å². The van der Waals surface area contributed by atoms with Crippen molar-refractivity contribution in [3.63, 3.8) is 0 Å². The summed E-state index contributed by atoms with van der Waals surface area (Å²) in [5.41, 5.74) is 7.50. The smallest absolute Gasteiger partial charge is 0.134 e. The number of hydrogen-bond donors (Lipinski definition) is 1. The average Bonchev–Trinajstić information content (AvgIpc) is 3.45. The summed E-state index contributed by atoms with van der Waals surface area (Å²) in [6.45, 7) is 5.94. The lowest BCUT2D eigenvalue weighted by Gasteiger charge is -2.39. The number of hydrogen-bond acceptors (Lipinski definition) is 6. The molecule has 7 nitrogen and oxygen atoms in total. The summed E-state index contributed by atoms with van der Waals surface area (Å²) < 4.78 is 5.40. The molecular formula is C24H22N6O. The highest BCUT2D eigenvalue weighted by atomic mass is 16.5. The van der Waals surface area contributed by atoms with E-state index in [1.807, 2.05) is 69.8 Å². The zero-order valence-electron chi connectivity index (χ0n) is 17.6. The summed E-state index contributed by atoms with van der Waals surface area (Å²) in [5.74, 6) is 0.743. The summed E-state index contributed by atoms with van der Waals surface area (Å²) in [4.78, 5) is 11.8. The number of H-pyrrole nitrogens is 1.